The van der Waals surface area contributed by atoms with E-state index in [-0.39, 0.29) is 6.61 Å². The molecule has 3 N–H and O–H groups in total. The van der Waals surface area contributed by atoms with Crippen LogP contribution in [0.1, 0.15) is 16.7 Å². The van der Waals surface area contributed by atoms with E-state index in [9.17, 15) is 4.79 Å². The summed E-state index contributed by atoms with van der Waals surface area (Å²) < 4.78 is 16.1. The lowest BCUT2D eigenvalue weighted by Gasteiger charge is -2.07. The van der Waals surface area contributed by atoms with Crippen LogP contribution in [-0.2, 0) is 16.0 Å². The van der Waals surface area contributed by atoms with Gasteiger partial charge in [-0.2, -0.15) is 0 Å². The Morgan fingerprint density at radius 3 is 1.97 bits per heavy atom. The maximum absolute atomic E-state index is 10.5. The highest BCUT2D eigenvalue weighted by Gasteiger charge is 1.97. The van der Waals surface area contributed by atoms with E-state index in [1.807, 2.05) is 60.7 Å². The molecule has 0 radical (unpaired) electrons. The van der Waals surface area contributed by atoms with Crippen LogP contribution in [0, 0.1) is 0 Å². The first-order valence-corrected chi connectivity index (χ1v) is 9.40. The maximum Gasteiger partial charge on any atom is 0.404 e. The van der Waals surface area contributed by atoms with Crippen molar-refractivity contribution in [1.82, 2.24) is 5.32 Å². The van der Waals surface area contributed by atoms with E-state index in [1.54, 1.807) is 0 Å². The maximum atomic E-state index is 10.5. The van der Waals surface area contributed by atoms with Gasteiger partial charge in [0.1, 0.15) is 12.4 Å². The first kappa shape index (κ1) is 22.4. The van der Waals surface area contributed by atoms with Crippen molar-refractivity contribution in [1.29, 1.82) is 0 Å². The number of amides is 1. The van der Waals surface area contributed by atoms with Crippen LogP contribution in [0.2, 0.25) is 0 Å². The lowest BCUT2D eigenvalue weighted by molar-refractivity contribution is 0.0247. The third-order valence-corrected chi connectivity index (χ3v) is 3.88. The van der Waals surface area contributed by atoms with Crippen molar-refractivity contribution >= 4 is 18.2 Å². The minimum Gasteiger partial charge on any atom is -0.491 e. The fourth-order valence-electron chi connectivity index (χ4n) is 2.40. The van der Waals surface area contributed by atoms with Gasteiger partial charge in [0.25, 0.3) is 0 Å². The van der Waals surface area contributed by atoms with Gasteiger partial charge in [0.15, 0.2) is 0 Å². The molecule has 1 amide bonds. The Balaban J connectivity index is 1.69. The number of nitrogens with one attached hydrogen (secondary N) is 1. The van der Waals surface area contributed by atoms with Crippen LogP contribution in [-0.4, -0.2) is 55.9 Å². The molecule has 0 bridgehead atoms. The molecular weight excluding hydrogens is 374 g/mol. The molecule has 7 heteroatoms. The molecule has 0 saturated carbocycles. The number of ether oxygens (including phenoxy) is 3. The molecule has 0 unspecified atom stereocenters. The number of aliphatic hydroxyl groups excluding tert-OH is 1. The average molecular weight is 401 g/mol. The highest BCUT2D eigenvalue weighted by Crippen LogP contribution is 2.15. The van der Waals surface area contributed by atoms with E-state index >= 15 is 0 Å². The Kier molecular flexibility index (Phi) is 10.3. The number of carboxylic acid groups (broad SMARTS) is 1. The largest absolute Gasteiger partial charge is 0.491 e. The van der Waals surface area contributed by atoms with Gasteiger partial charge in [0, 0.05) is 6.54 Å². The average Bonchev–Trinajstić information content (AvgIpc) is 2.74. The summed E-state index contributed by atoms with van der Waals surface area (Å²) in [6.07, 6.45) is 2.97. The van der Waals surface area contributed by atoms with Gasteiger partial charge in [-0.05, 0) is 28.8 Å². The zero-order valence-electron chi connectivity index (χ0n) is 16.3. The van der Waals surface area contributed by atoms with Gasteiger partial charge in [-0.1, -0.05) is 48.6 Å². The second kappa shape index (κ2) is 13.3. The van der Waals surface area contributed by atoms with Crippen molar-refractivity contribution in [3.63, 3.8) is 0 Å². The van der Waals surface area contributed by atoms with Crippen LogP contribution < -0.4 is 10.1 Å². The summed E-state index contributed by atoms with van der Waals surface area (Å²) in [7, 11) is 0. The minimum atomic E-state index is -1.03. The molecule has 7 nitrogen and oxygen atoms in total. The fraction of sp³-hybridized carbons (Fsp3) is 0.318. The van der Waals surface area contributed by atoms with Gasteiger partial charge in [-0.15, -0.1) is 0 Å². The van der Waals surface area contributed by atoms with Crippen molar-refractivity contribution in [2.24, 2.45) is 0 Å². The second-order valence-corrected chi connectivity index (χ2v) is 6.10. The normalized spacial score (nSPS) is 10.9. The predicted octanol–water partition coefficient (Wildman–Crippen LogP) is 3.03. The summed E-state index contributed by atoms with van der Waals surface area (Å²) in [6, 6.07) is 15.4. The molecule has 29 heavy (non-hydrogen) atoms. The Hall–Kier alpha value is -2.87. The number of aliphatic hydroxyl groups is 1. The molecular formula is C22H27NO6. The zero-order chi connectivity index (χ0) is 20.7. The summed E-state index contributed by atoms with van der Waals surface area (Å²) >= 11 is 0. The molecule has 0 saturated heterocycles. The molecule has 2 rings (SSSR count). The van der Waals surface area contributed by atoms with Crippen LogP contribution in [0.5, 0.6) is 5.75 Å². The number of hydrogen-bond donors (Lipinski definition) is 3. The van der Waals surface area contributed by atoms with Crippen LogP contribution in [0.25, 0.3) is 12.2 Å². The molecule has 2 aromatic carbocycles. The summed E-state index contributed by atoms with van der Waals surface area (Å²) in [5.41, 5.74) is 2.99. The van der Waals surface area contributed by atoms with E-state index in [1.165, 1.54) is 0 Å². The summed E-state index contributed by atoms with van der Waals surface area (Å²) in [5.74, 6) is 0.776. The smallest absolute Gasteiger partial charge is 0.404 e. The molecule has 0 aliphatic carbocycles. The first-order valence-electron chi connectivity index (χ1n) is 9.40. The zero-order valence-corrected chi connectivity index (χ0v) is 16.3. The van der Waals surface area contributed by atoms with Crippen LogP contribution in [0.15, 0.2) is 48.5 Å². The lowest BCUT2D eigenvalue weighted by Crippen LogP contribution is -2.19. The number of hydrogen-bond acceptors (Lipinski definition) is 5. The Morgan fingerprint density at radius 1 is 0.828 bits per heavy atom. The second-order valence-electron chi connectivity index (χ2n) is 6.10. The van der Waals surface area contributed by atoms with Crippen molar-refractivity contribution in [2.75, 3.05) is 39.6 Å². The van der Waals surface area contributed by atoms with Gasteiger partial charge >= 0.3 is 6.09 Å². The highest BCUT2D eigenvalue weighted by atomic mass is 16.5. The Labute approximate surface area is 170 Å². The standard InChI is InChI=1S/C22H27NO6/c24-11-12-27-13-14-28-15-16-29-21-9-7-19(8-10-21)2-1-18-3-5-20(6-4-18)17-23-22(25)26/h1-10,23-24H,11-17H2,(H,25,26). The number of carbonyl (C=O) groups is 1. The molecule has 156 valence electrons. The van der Waals surface area contributed by atoms with Gasteiger partial charge in [0.05, 0.1) is 33.0 Å². The lowest BCUT2D eigenvalue weighted by atomic mass is 10.1. The third-order valence-electron chi connectivity index (χ3n) is 3.88. The van der Waals surface area contributed by atoms with Gasteiger partial charge in [-0.3, -0.25) is 0 Å². The van der Waals surface area contributed by atoms with Crippen LogP contribution >= 0.6 is 0 Å². The summed E-state index contributed by atoms with van der Waals surface area (Å²) in [4.78, 5) is 10.5. The molecule has 0 fully saturated rings. The fourth-order valence-corrected chi connectivity index (χ4v) is 2.40. The van der Waals surface area contributed by atoms with E-state index in [2.05, 4.69) is 5.32 Å². The van der Waals surface area contributed by atoms with Gasteiger partial charge in [-0.25, -0.2) is 4.79 Å². The van der Waals surface area contributed by atoms with Crippen molar-refractivity contribution in [3.8, 4) is 5.75 Å². The molecule has 0 aromatic heterocycles. The number of benzene rings is 2. The molecule has 0 aliphatic heterocycles. The van der Waals surface area contributed by atoms with E-state index in [0.717, 1.165) is 22.4 Å². The minimum absolute atomic E-state index is 0.0207. The molecule has 0 spiro atoms. The van der Waals surface area contributed by atoms with Gasteiger partial charge in [0.2, 0.25) is 0 Å². The quantitative estimate of drug-likeness (QED) is 0.353. The molecule has 0 heterocycles. The SMILES string of the molecule is O=C(O)NCc1ccc(C=Cc2ccc(OCCOCCOCCO)cc2)cc1. The van der Waals surface area contributed by atoms with Crippen molar-refractivity contribution in [3.05, 3.63) is 65.2 Å². The summed E-state index contributed by atoms with van der Waals surface area (Å²) in [6.45, 7) is 2.51. The van der Waals surface area contributed by atoms with Gasteiger partial charge < -0.3 is 29.7 Å². The van der Waals surface area contributed by atoms with Crippen molar-refractivity contribution < 1.29 is 29.2 Å². The van der Waals surface area contributed by atoms with E-state index < -0.39 is 6.09 Å². The highest BCUT2D eigenvalue weighted by molar-refractivity contribution is 5.70. The molecule has 2 aromatic rings. The first-order chi connectivity index (χ1) is 14.2. The number of rotatable bonds is 13. The summed E-state index contributed by atoms with van der Waals surface area (Å²) in [5, 5.41) is 19.5. The third kappa shape index (κ3) is 9.75. The topological polar surface area (TPSA) is 97.3 Å². The van der Waals surface area contributed by atoms with Crippen molar-refractivity contribution in [2.45, 2.75) is 6.54 Å². The predicted molar refractivity (Wildman–Crippen MR) is 111 cm³/mol. The monoisotopic (exact) mass is 401 g/mol. The molecule has 0 aliphatic rings. The Morgan fingerprint density at radius 2 is 1.38 bits per heavy atom. The molecule has 0 atom stereocenters. The van der Waals surface area contributed by atoms with E-state index in [0.29, 0.717) is 39.6 Å². The van der Waals surface area contributed by atoms with E-state index in [4.69, 9.17) is 24.4 Å². The van der Waals surface area contributed by atoms with Crippen LogP contribution in [0.3, 0.4) is 0 Å². The van der Waals surface area contributed by atoms with Crippen LogP contribution in [0.4, 0.5) is 4.79 Å². The Bertz CT molecular complexity index is 743.